The van der Waals surface area contributed by atoms with Crippen molar-refractivity contribution in [1.29, 1.82) is 0 Å². The fourth-order valence-electron chi connectivity index (χ4n) is 2.79. The van der Waals surface area contributed by atoms with Crippen molar-refractivity contribution in [2.75, 3.05) is 6.54 Å². The number of hydrogen-bond donors (Lipinski definition) is 0. The van der Waals surface area contributed by atoms with Gasteiger partial charge >= 0.3 is 0 Å². The van der Waals surface area contributed by atoms with E-state index in [9.17, 15) is 4.91 Å². The molecule has 0 aromatic rings. The Labute approximate surface area is 67.3 Å². The number of nitrogens with zero attached hydrogens (tertiary/aromatic N) is 1. The second kappa shape index (κ2) is 2.92. The topological polar surface area (TPSA) is 29.4 Å². The molecular formula is C9H15NO. The van der Waals surface area contributed by atoms with E-state index in [0.717, 1.165) is 24.2 Å². The maximum absolute atomic E-state index is 9.92. The van der Waals surface area contributed by atoms with Crippen molar-refractivity contribution in [3.8, 4) is 0 Å². The number of rotatable bonds is 3. The molecule has 0 aromatic carbocycles. The van der Waals surface area contributed by atoms with Crippen molar-refractivity contribution in [3.63, 3.8) is 0 Å². The maximum atomic E-state index is 9.92. The number of hydrogen-bond acceptors (Lipinski definition) is 2. The van der Waals surface area contributed by atoms with Crippen molar-refractivity contribution in [3.05, 3.63) is 4.91 Å². The molecule has 2 fully saturated rings. The zero-order chi connectivity index (χ0) is 7.68. The highest BCUT2D eigenvalue weighted by molar-refractivity contribution is 4.92. The predicted molar refractivity (Wildman–Crippen MR) is 44.2 cm³/mol. The van der Waals surface area contributed by atoms with Crippen LogP contribution in [0.2, 0.25) is 0 Å². The van der Waals surface area contributed by atoms with Crippen LogP contribution < -0.4 is 0 Å². The smallest absolute Gasteiger partial charge is 0.0813 e. The Bertz CT molecular complexity index is 158. The zero-order valence-electron chi connectivity index (χ0n) is 6.83. The predicted octanol–water partition coefficient (Wildman–Crippen LogP) is 2.58. The van der Waals surface area contributed by atoms with Gasteiger partial charge in [0.25, 0.3) is 0 Å². The van der Waals surface area contributed by atoms with Crippen LogP contribution in [-0.4, -0.2) is 6.54 Å². The minimum Gasteiger partial charge on any atom is -0.151 e. The SMILES string of the molecule is O=NCCC1CCC2CCC12. The standard InChI is InChI=1S/C9H15NO/c11-10-6-5-8-2-1-7-3-4-9(7)8/h7-9H,1-6H2. The van der Waals surface area contributed by atoms with Gasteiger partial charge in [-0.3, -0.25) is 0 Å². The first-order chi connectivity index (χ1) is 5.42. The summed E-state index contributed by atoms with van der Waals surface area (Å²) in [5, 5.41) is 2.93. The van der Waals surface area contributed by atoms with Crippen LogP contribution in [0.25, 0.3) is 0 Å². The lowest BCUT2D eigenvalue weighted by Gasteiger charge is -2.33. The number of fused-ring (bicyclic) bond motifs is 1. The Balaban J connectivity index is 1.80. The Morgan fingerprint density at radius 1 is 1.18 bits per heavy atom. The fourth-order valence-corrected chi connectivity index (χ4v) is 2.79. The van der Waals surface area contributed by atoms with E-state index in [1.165, 1.54) is 25.7 Å². The molecule has 11 heavy (non-hydrogen) atoms. The molecule has 62 valence electrons. The first kappa shape index (κ1) is 7.26. The fraction of sp³-hybridized carbons (Fsp3) is 1.00. The van der Waals surface area contributed by atoms with Gasteiger partial charge in [0.15, 0.2) is 0 Å². The summed E-state index contributed by atoms with van der Waals surface area (Å²) >= 11 is 0. The molecular weight excluding hydrogens is 138 g/mol. The average Bonchev–Trinajstić information content (AvgIpc) is 2.22. The van der Waals surface area contributed by atoms with Gasteiger partial charge in [-0.2, -0.15) is 4.91 Å². The summed E-state index contributed by atoms with van der Waals surface area (Å²) in [7, 11) is 0. The Kier molecular flexibility index (Phi) is 1.93. The summed E-state index contributed by atoms with van der Waals surface area (Å²) in [5.41, 5.74) is 0. The summed E-state index contributed by atoms with van der Waals surface area (Å²) < 4.78 is 0. The van der Waals surface area contributed by atoms with Gasteiger partial charge < -0.3 is 0 Å². The summed E-state index contributed by atoms with van der Waals surface area (Å²) in [6.45, 7) is 0.549. The molecule has 2 nitrogen and oxygen atoms in total. The molecule has 0 spiro atoms. The van der Waals surface area contributed by atoms with Crippen molar-refractivity contribution in [1.82, 2.24) is 0 Å². The maximum Gasteiger partial charge on any atom is 0.0813 e. The molecule has 0 radical (unpaired) electrons. The highest BCUT2D eigenvalue weighted by Crippen LogP contribution is 2.51. The van der Waals surface area contributed by atoms with Crippen LogP contribution in [0.1, 0.15) is 32.1 Å². The van der Waals surface area contributed by atoms with E-state index in [4.69, 9.17) is 0 Å². The lowest BCUT2D eigenvalue weighted by molar-refractivity contribution is 0.167. The quantitative estimate of drug-likeness (QED) is 0.573. The van der Waals surface area contributed by atoms with Crippen molar-refractivity contribution in [2.24, 2.45) is 22.9 Å². The minimum atomic E-state index is 0.549. The first-order valence-electron chi connectivity index (χ1n) is 4.71. The molecule has 3 atom stereocenters. The van der Waals surface area contributed by atoms with Gasteiger partial charge in [0.2, 0.25) is 0 Å². The normalized spacial score (nSPS) is 41.3. The van der Waals surface area contributed by atoms with Crippen LogP contribution in [0.4, 0.5) is 0 Å². The summed E-state index contributed by atoms with van der Waals surface area (Å²) in [5.74, 6) is 2.87. The third kappa shape index (κ3) is 1.19. The van der Waals surface area contributed by atoms with E-state index in [0.29, 0.717) is 6.54 Å². The van der Waals surface area contributed by atoms with Crippen LogP contribution >= 0.6 is 0 Å². The largest absolute Gasteiger partial charge is 0.151 e. The molecule has 2 saturated carbocycles. The van der Waals surface area contributed by atoms with Gasteiger partial charge in [-0.15, -0.1) is 0 Å². The first-order valence-corrected chi connectivity index (χ1v) is 4.71. The second-order valence-corrected chi connectivity index (χ2v) is 3.98. The summed E-state index contributed by atoms with van der Waals surface area (Å²) in [4.78, 5) is 9.92. The van der Waals surface area contributed by atoms with Gasteiger partial charge in [-0.05, 0) is 49.9 Å². The molecule has 2 aliphatic rings. The van der Waals surface area contributed by atoms with Crippen molar-refractivity contribution >= 4 is 0 Å². The van der Waals surface area contributed by atoms with Crippen molar-refractivity contribution in [2.45, 2.75) is 32.1 Å². The van der Waals surface area contributed by atoms with E-state index in [-0.39, 0.29) is 0 Å². The minimum absolute atomic E-state index is 0.549. The molecule has 0 amide bonds. The molecule has 0 bridgehead atoms. The van der Waals surface area contributed by atoms with Crippen molar-refractivity contribution < 1.29 is 0 Å². The number of nitroso groups, excluding NO2 is 1. The van der Waals surface area contributed by atoms with Gasteiger partial charge in [-0.25, -0.2) is 0 Å². The van der Waals surface area contributed by atoms with E-state index < -0.39 is 0 Å². The third-order valence-electron chi connectivity index (χ3n) is 3.58. The molecule has 0 aromatic heterocycles. The van der Waals surface area contributed by atoms with Crippen LogP contribution in [0.3, 0.4) is 0 Å². The van der Waals surface area contributed by atoms with E-state index in [1.54, 1.807) is 0 Å². The summed E-state index contributed by atoms with van der Waals surface area (Å²) in [6.07, 6.45) is 6.73. The molecule has 2 aliphatic carbocycles. The lowest BCUT2D eigenvalue weighted by atomic mass is 9.72. The molecule has 0 N–H and O–H groups in total. The molecule has 3 unspecified atom stereocenters. The van der Waals surface area contributed by atoms with E-state index in [1.807, 2.05) is 0 Å². The van der Waals surface area contributed by atoms with Crippen LogP contribution in [0.5, 0.6) is 0 Å². The zero-order valence-corrected chi connectivity index (χ0v) is 6.83. The van der Waals surface area contributed by atoms with Gasteiger partial charge in [-0.1, -0.05) is 5.18 Å². The summed E-state index contributed by atoms with van der Waals surface area (Å²) in [6, 6.07) is 0. The molecule has 0 saturated heterocycles. The Morgan fingerprint density at radius 3 is 2.55 bits per heavy atom. The molecule has 0 aliphatic heterocycles. The third-order valence-corrected chi connectivity index (χ3v) is 3.58. The molecule has 2 heteroatoms. The highest BCUT2D eigenvalue weighted by Gasteiger charge is 2.41. The lowest BCUT2D eigenvalue weighted by Crippen LogP contribution is -2.25. The average molecular weight is 153 g/mol. The molecule has 0 heterocycles. The monoisotopic (exact) mass is 153 g/mol. The van der Waals surface area contributed by atoms with E-state index in [2.05, 4.69) is 5.18 Å². The van der Waals surface area contributed by atoms with Gasteiger partial charge in [0.05, 0.1) is 6.54 Å². The van der Waals surface area contributed by atoms with Crippen LogP contribution in [-0.2, 0) is 0 Å². The van der Waals surface area contributed by atoms with E-state index >= 15 is 0 Å². The van der Waals surface area contributed by atoms with Crippen LogP contribution in [0, 0.1) is 22.7 Å². The Hall–Kier alpha value is -0.400. The Morgan fingerprint density at radius 2 is 2.00 bits per heavy atom. The molecule has 2 rings (SSSR count). The van der Waals surface area contributed by atoms with Gasteiger partial charge in [0, 0.05) is 0 Å². The second-order valence-electron chi connectivity index (χ2n) is 3.98. The van der Waals surface area contributed by atoms with Gasteiger partial charge in [0.1, 0.15) is 0 Å². The van der Waals surface area contributed by atoms with Crippen LogP contribution in [0.15, 0.2) is 5.18 Å². The highest BCUT2D eigenvalue weighted by atomic mass is 16.3.